The van der Waals surface area contributed by atoms with Gasteiger partial charge in [-0.05, 0) is 61.7 Å². The van der Waals surface area contributed by atoms with E-state index in [1.54, 1.807) is 38.1 Å². The summed E-state index contributed by atoms with van der Waals surface area (Å²) in [6.45, 7) is 7.57. The maximum absolute atomic E-state index is 13.8. The number of aromatic nitrogens is 1. The number of benzene rings is 2. The average molecular weight is 551 g/mol. The topological polar surface area (TPSA) is 105 Å². The monoisotopic (exact) mass is 550 g/mol. The van der Waals surface area contributed by atoms with Crippen LogP contribution in [-0.4, -0.2) is 36.8 Å². The molecule has 0 N–H and O–H groups in total. The van der Waals surface area contributed by atoms with Crippen molar-refractivity contribution in [2.24, 2.45) is 4.99 Å². The highest BCUT2D eigenvalue weighted by molar-refractivity contribution is 7.07. The number of hydrogen-bond donors (Lipinski definition) is 0. The number of ether oxygens (including phenoxy) is 4. The van der Waals surface area contributed by atoms with Crippen molar-refractivity contribution in [1.29, 1.82) is 0 Å². The Morgan fingerprint density at radius 2 is 1.85 bits per heavy atom. The van der Waals surface area contributed by atoms with E-state index in [-0.39, 0.29) is 29.2 Å². The molecule has 0 aliphatic carbocycles. The molecule has 2 aromatic carbocycles. The van der Waals surface area contributed by atoms with Crippen LogP contribution in [0.3, 0.4) is 0 Å². The molecule has 4 rings (SSSR count). The van der Waals surface area contributed by atoms with Crippen molar-refractivity contribution in [2.45, 2.75) is 40.2 Å². The minimum absolute atomic E-state index is 0.166. The highest BCUT2D eigenvalue weighted by Gasteiger charge is 2.34. The lowest BCUT2D eigenvalue weighted by Gasteiger charge is -2.25. The molecular weight excluding hydrogens is 520 g/mol. The molecule has 1 aliphatic rings. The Bertz CT molecular complexity index is 1600. The Hall–Kier alpha value is -4.18. The molecule has 0 fully saturated rings. The Morgan fingerprint density at radius 3 is 2.49 bits per heavy atom. The second-order valence-electron chi connectivity index (χ2n) is 8.72. The zero-order chi connectivity index (χ0) is 28.1. The fourth-order valence-corrected chi connectivity index (χ4v) is 5.28. The second-order valence-corrected chi connectivity index (χ2v) is 9.73. The zero-order valence-electron chi connectivity index (χ0n) is 22.5. The fourth-order valence-electron chi connectivity index (χ4n) is 4.23. The van der Waals surface area contributed by atoms with Crippen molar-refractivity contribution in [3.8, 4) is 17.2 Å². The van der Waals surface area contributed by atoms with Crippen LogP contribution in [0.4, 0.5) is 0 Å². The van der Waals surface area contributed by atoms with Gasteiger partial charge < -0.3 is 18.9 Å². The number of carbonyl (C=O) groups is 2. The lowest BCUT2D eigenvalue weighted by Crippen LogP contribution is -2.40. The molecule has 0 unspecified atom stereocenters. The van der Waals surface area contributed by atoms with Gasteiger partial charge in [-0.3, -0.25) is 14.2 Å². The normalized spacial score (nSPS) is 14.9. The molecule has 3 aromatic rings. The summed E-state index contributed by atoms with van der Waals surface area (Å²) in [5.41, 5.74) is 1.80. The van der Waals surface area contributed by atoms with Gasteiger partial charge in [0.1, 0.15) is 5.75 Å². The molecular formula is C29H30N2O7S. The van der Waals surface area contributed by atoms with Gasteiger partial charge in [-0.25, -0.2) is 9.79 Å². The SMILES string of the molecule is CCCOc1ccc(/C=c2\sc3n(c2=O)[C@H](c2ccc(OC(C)=O)c(OC)c2)C(C(=O)OCC)=C(C)N=3)cc1. The van der Waals surface area contributed by atoms with Crippen molar-refractivity contribution in [2.75, 3.05) is 20.3 Å². The summed E-state index contributed by atoms with van der Waals surface area (Å²) in [7, 11) is 1.45. The number of esters is 2. The third-order valence-electron chi connectivity index (χ3n) is 5.92. The van der Waals surface area contributed by atoms with E-state index >= 15 is 0 Å². The van der Waals surface area contributed by atoms with E-state index in [1.807, 2.05) is 31.2 Å². The smallest absolute Gasteiger partial charge is 0.338 e. The molecule has 1 atom stereocenters. The summed E-state index contributed by atoms with van der Waals surface area (Å²) in [4.78, 5) is 43.5. The standard InChI is InChI=1S/C29H30N2O7S/c1-6-14-37-21-11-8-19(9-12-21)15-24-27(33)31-26(20-10-13-22(38-18(4)32)23(16-20)35-5)25(28(34)36-7-2)17(3)30-29(31)39-24/h8-13,15-16,26H,6-7,14H2,1-5H3/b24-15-/t26-/m1/s1. The zero-order valence-corrected chi connectivity index (χ0v) is 23.3. The Kier molecular flexibility index (Phi) is 8.65. The summed E-state index contributed by atoms with van der Waals surface area (Å²) < 4.78 is 23.6. The molecule has 2 heterocycles. The van der Waals surface area contributed by atoms with E-state index in [2.05, 4.69) is 4.99 Å². The van der Waals surface area contributed by atoms with Gasteiger partial charge in [0.05, 0.1) is 42.2 Å². The number of hydrogen-bond acceptors (Lipinski definition) is 9. The molecule has 0 saturated carbocycles. The van der Waals surface area contributed by atoms with Crippen molar-refractivity contribution < 1.29 is 28.5 Å². The number of fused-ring (bicyclic) bond motifs is 1. The molecule has 10 heteroatoms. The summed E-state index contributed by atoms with van der Waals surface area (Å²) in [6, 6.07) is 11.6. The fraction of sp³-hybridized carbons (Fsp3) is 0.310. The predicted octanol–water partition coefficient (Wildman–Crippen LogP) is 3.52. The highest BCUT2D eigenvalue weighted by atomic mass is 32.1. The molecule has 1 aliphatic heterocycles. The maximum Gasteiger partial charge on any atom is 0.338 e. The number of allylic oxidation sites excluding steroid dienone is 1. The Balaban J connectivity index is 1.86. The van der Waals surface area contributed by atoms with E-state index in [9.17, 15) is 14.4 Å². The van der Waals surface area contributed by atoms with Crippen LogP contribution in [0.5, 0.6) is 17.2 Å². The van der Waals surface area contributed by atoms with Gasteiger partial charge in [0.2, 0.25) is 0 Å². The van der Waals surface area contributed by atoms with Crippen LogP contribution in [0.15, 0.2) is 63.5 Å². The number of nitrogens with zero attached hydrogens (tertiary/aromatic N) is 2. The lowest BCUT2D eigenvalue weighted by atomic mass is 9.95. The van der Waals surface area contributed by atoms with Gasteiger partial charge in [-0.1, -0.05) is 36.5 Å². The number of carbonyl (C=O) groups excluding carboxylic acids is 2. The molecule has 0 saturated heterocycles. The summed E-state index contributed by atoms with van der Waals surface area (Å²) in [6.07, 6.45) is 2.70. The molecule has 1 aromatic heterocycles. The molecule has 0 amide bonds. The van der Waals surface area contributed by atoms with Crippen LogP contribution in [-0.2, 0) is 14.3 Å². The van der Waals surface area contributed by atoms with Gasteiger partial charge >= 0.3 is 11.9 Å². The third kappa shape index (κ3) is 5.96. The van der Waals surface area contributed by atoms with Crippen LogP contribution in [0, 0.1) is 0 Å². The largest absolute Gasteiger partial charge is 0.494 e. The first-order valence-corrected chi connectivity index (χ1v) is 13.4. The van der Waals surface area contributed by atoms with Crippen LogP contribution < -0.4 is 29.1 Å². The quantitative estimate of drug-likeness (QED) is 0.297. The molecule has 0 radical (unpaired) electrons. The first kappa shape index (κ1) is 27.8. The Labute approximate surface area is 229 Å². The first-order valence-electron chi connectivity index (χ1n) is 12.6. The van der Waals surface area contributed by atoms with E-state index in [0.29, 0.717) is 27.2 Å². The molecule has 204 valence electrons. The maximum atomic E-state index is 13.8. The van der Waals surface area contributed by atoms with E-state index in [0.717, 1.165) is 17.7 Å². The van der Waals surface area contributed by atoms with Gasteiger partial charge in [0.15, 0.2) is 16.3 Å². The molecule has 0 spiro atoms. The van der Waals surface area contributed by atoms with Gasteiger partial charge in [-0.15, -0.1) is 0 Å². The van der Waals surface area contributed by atoms with E-state index in [1.165, 1.54) is 29.9 Å². The van der Waals surface area contributed by atoms with Crippen molar-refractivity contribution >= 4 is 29.4 Å². The van der Waals surface area contributed by atoms with Crippen LogP contribution in [0.2, 0.25) is 0 Å². The summed E-state index contributed by atoms with van der Waals surface area (Å²) >= 11 is 1.24. The third-order valence-corrected chi connectivity index (χ3v) is 6.91. The van der Waals surface area contributed by atoms with Crippen LogP contribution in [0.25, 0.3) is 6.08 Å². The number of rotatable bonds is 9. The number of thiazole rings is 1. The highest BCUT2D eigenvalue weighted by Crippen LogP contribution is 2.36. The molecule has 9 nitrogen and oxygen atoms in total. The van der Waals surface area contributed by atoms with Crippen molar-refractivity contribution in [3.63, 3.8) is 0 Å². The van der Waals surface area contributed by atoms with E-state index in [4.69, 9.17) is 18.9 Å². The molecule has 39 heavy (non-hydrogen) atoms. The minimum atomic E-state index is -0.826. The van der Waals surface area contributed by atoms with Crippen molar-refractivity contribution in [1.82, 2.24) is 4.57 Å². The Morgan fingerprint density at radius 1 is 1.10 bits per heavy atom. The minimum Gasteiger partial charge on any atom is -0.494 e. The summed E-state index contributed by atoms with van der Waals surface area (Å²) in [5, 5.41) is 0. The predicted molar refractivity (Wildman–Crippen MR) is 147 cm³/mol. The second kappa shape index (κ2) is 12.1. The van der Waals surface area contributed by atoms with Crippen molar-refractivity contribution in [3.05, 3.63) is 84.5 Å². The van der Waals surface area contributed by atoms with Gasteiger partial charge in [0, 0.05) is 6.92 Å². The first-order chi connectivity index (χ1) is 18.8. The van der Waals surface area contributed by atoms with E-state index < -0.39 is 18.0 Å². The average Bonchev–Trinajstić information content (AvgIpc) is 3.21. The molecule has 0 bridgehead atoms. The van der Waals surface area contributed by atoms with Crippen LogP contribution in [0.1, 0.15) is 51.3 Å². The van der Waals surface area contributed by atoms with Gasteiger partial charge in [0.25, 0.3) is 5.56 Å². The number of methoxy groups -OCH3 is 1. The lowest BCUT2D eigenvalue weighted by molar-refractivity contribution is -0.139. The van der Waals surface area contributed by atoms with Gasteiger partial charge in [-0.2, -0.15) is 0 Å². The van der Waals surface area contributed by atoms with Crippen LogP contribution >= 0.6 is 11.3 Å². The summed E-state index contributed by atoms with van der Waals surface area (Å²) in [5.74, 6) is 0.209.